The van der Waals surface area contributed by atoms with Crippen molar-refractivity contribution in [2.24, 2.45) is 0 Å². The first-order valence-corrected chi connectivity index (χ1v) is 5.21. The van der Waals surface area contributed by atoms with Crippen LogP contribution in [0.2, 0.25) is 0 Å². The van der Waals surface area contributed by atoms with Crippen molar-refractivity contribution >= 4 is 12.0 Å². The van der Waals surface area contributed by atoms with Crippen molar-refractivity contribution in [2.75, 3.05) is 13.2 Å². The number of nitrogens with one attached hydrogen (secondary N) is 1. The molecule has 0 radical (unpaired) electrons. The third-order valence-electron chi connectivity index (χ3n) is 2.13. The number of nitrogens with zero attached hydrogens (tertiary/aromatic N) is 2. The fraction of sp³-hybridized carbons (Fsp3) is 0.700. The molecule has 2 amide bonds. The number of carbonyl (C=O) groups excluding carboxylic acids is 1. The van der Waals surface area contributed by atoms with Gasteiger partial charge in [-0.2, -0.15) is 5.26 Å². The van der Waals surface area contributed by atoms with Gasteiger partial charge in [0.1, 0.15) is 0 Å². The first kappa shape index (κ1) is 15.2. The Morgan fingerprint density at radius 3 is 2.41 bits per heavy atom. The molecule has 0 aromatic carbocycles. The van der Waals surface area contributed by atoms with E-state index in [0.29, 0.717) is 0 Å². The summed E-state index contributed by atoms with van der Waals surface area (Å²) in [5, 5.41) is 28.1. The largest absolute Gasteiger partial charge is 0.480 e. The quantitative estimate of drug-likeness (QED) is 0.596. The van der Waals surface area contributed by atoms with Crippen molar-refractivity contribution in [3.8, 4) is 6.07 Å². The highest BCUT2D eigenvalue weighted by Crippen LogP contribution is 2.01. The van der Waals surface area contributed by atoms with E-state index in [1.165, 1.54) is 4.90 Å². The minimum atomic E-state index is -1.33. The maximum absolute atomic E-state index is 11.7. The number of carboxylic acids is 1. The molecule has 96 valence electrons. The van der Waals surface area contributed by atoms with E-state index in [2.05, 4.69) is 5.32 Å². The summed E-state index contributed by atoms with van der Waals surface area (Å²) in [6, 6.07) is -0.174. The molecule has 0 fully saturated rings. The van der Waals surface area contributed by atoms with E-state index in [0.717, 1.165) is 0 Å². The van der Waals surface area contributed by atoms with Crippen molar-refractivity contribution < 1.29 is 19.8 Å². The third kappa shape index (κ3) is 5.17. The Kier molecular flexibility index (Phi) is 6.67. The number of aliphatic hydroxyl groups is 1. The van der Waals surface area contributed by atoms with Gasteiger partial charge in [-0.1, -0.05) is 0 Å². The number of rotatable bonds is 6. The van der Waals surface area contributed by atoms with Gasteiger partial charge in [0.15, 0.2) is 6.04 Å². The van der Waals surface area contributed by atoms with E-state index in [1.807, 2.05) is 6.07 Å². The summed E-state index contributed by atoms with van der Waals surface area (Å²) in [6.07, 6.45) is 0.169. The van der Waals surface area contributed by atoms with Crippen molar-refractivity contribution in [3.05, 3.63) is 0 Å². The van der Waals surface area contributed by atoms with Gasteiger partial charge in [0, 0.05) is 12.6 Å². The minimum Gasteiger partial charge on any atom is -0.480 e. The Morgan fingerprint density at radius 2 is 2.06 bits per heavy atom. The first-order valence-electron chi connectivity index (χ1n) is 5.21. The average molecular weight is 243 g/mol. The molecule has 0 aromatic rings. The molecule has 0 aliphatic carbocycles. The summed E-state index contributed by atoms with van der Waals surface area (Å²) in [4.78, 5) is 23.7. The normalized spacial score (nSPS) is 11.7. The molecular weight excluding hydrogens is 226 g/mol. The molecule has 1 atom stereocenters. The molecule has 0 saturated heterocycles. The second-order valence-electron chi connectivity index (χ2n) is 3.72. The summed E-state index contributed by atoms with van der Waals surface area (Å²) in [6.45, 7) is 3.06. The van der Waals surface area contributed by atoms with E-state index < -0.39 is 24.6 Å². The van der Waals surface area contributed by atoms with Gasteiger partial charge < -0.3 is 20.4 Å². The minimum absolute atomic E-state index is 0.156. The predicted octanol–water partition coefficient (Wildman–Crippen LogP) is -0.234. The number of aliphatic hydroxyl groups excluding tert-OH is 1. The van der Waals surface area contributed by atoms with Crippen LogP contribution >= 0.6 is 0 Å². The van der Waals surface area contributed by atoms with Crippen LogP contribution in [0.15, 0.2) is 0 Å². The Hall–Kier alpha value is -1.81. The zero-order chi connectivity index (χ0) is 13.4. The molecule has 7 nitrogen and oxygen atoms in total. The van der Waals surface area contributed by atoms with E-state index >= 15 is 0 Å². The van der Waals surface area contributed by atoms with Crippen LogP contribution in [0.5, 0.6) is 0 Å². The van der Waals surface area contributed by atoms with E-state index in [1.54, 1.807) is 13.8 Å². The van der Waals surface area contributed by atoms with Gasteiger partial charge in [0.05, 0.1) is 19.1 Å². The topological polar surface area (TPSA) is 114 Å². The molecule has 0 spiro atoms. The van der Waals surface area contributed by atoms with Crippen LogP contribution in [0.1, 0.15) is 20.3 Å². The molecule has 0 aromatic heterocycles. The highest BCUT2D eigenvalue weighted by Gasteiger charge is 2.23. The molecule has 0 rings (SSSR count). The lowest BCUT2D eigenvalue weighted by atomic mass is 10.3. The molecule has 7 heteroatoms. The summed E-state index contributed by atoms with van der Waals surface area (Å²) in [5.41, 5.74) is 0. The number of nitriles is 1. The van der Waals surface area contributed by atoms with Crippen molar-refractivity contribution in [2.45, 2.75) is 32.4 Å². The average Bonchev–Trinajstić information content (AvgIpc) is 2.25. The number of amides is 2. The molecule has 3 N–H and O–H groups in total. The summed E-state index contributed by atoms with van der Waals surface area (Å²) in [7, 11) is 0. The fourth-order valence-electron chi connectivity index (χ4n) is 1.18. The number of carboxylic acid groups (broad SMARTS) is 1. The zero-order valence-corrected chi connectivity index (χ0v) is 9.88. The summed E-state index contributed by atoms with van der Waals surface area (Å²) >= 11 is 0. The van der Waals surface area contributed by atoms with Gasteiger partial charge in [-0.3, -0.25) is 0 Å². The van der Waals surface area contributed by atoms with Crippen LogP contribution in [0.25, 0.3) is 0 Å². The van der Waals surface area contributed by atoms with E-state index in [-0.39, 0.29) is 19.0 Å². The lowest BCUT2D eigenvalue weighted by molar-refractivity contribution is -0.140. The Labute approximate surface area is 99.6 Å². The van der Waals surface area contributed by atoms with E-state index in [9.17, 15) is 9.59 Å². The number of urea groups is 1. The zero-order valence-electron chi connectivity index (χ0n) is 9.88. The lowest BCUT2D eigenvalue weighted by Crippen LogP contribution is -2.51. The van der Waals surface area contributed by atoms with Crippen LogP contribution in [-0.2, 0) is 4.79 Å². The maximum Gasteiger partial charge on any atom is 0.328 e. The predicted molar refractivity (Wildman–Crippen MR) is 59.1 cm³/mol. The van der Waals surface area contributed by atoms with Gasteiger partial charge in [0.25, 0.3) is 0 Å². The van der Waals surface area contributed by atoms with Crippen LogP contribution in [-0.4, -0.2) is 52.3 Å². The monoisotopic (exact) mass is 243 g/mol. The molecular formula is C10H17N3O4. The van der Waals surface area contributed by atoms with Crippen molar-refractivity contribution in [3.63, 3.8) is 0 Å². The number of aliphatic carboxylic acids is 1. The van der Waals surface area contributed by atoms with Gasteiger partial charge in [-0.25, -0.2) is 9.59 Å². The standard InChI is InChI=1S/C10H17N3O4/c1-7(2)13(5-3-4-11)10(17)12-8(6-14)9(15)16/h7-8,14H,3,5-6H2,1-2H3,(H,12,17)(H,15,16). The number of hydrogen-bond donors (Lipinski definition) is 3. The smallest absolute Gasteiger partial charge is 0.328 e. The third-order valence-corrected chi connectivity index (χ3v) is 2.13. The molecule has 1 unspecified atom stereocenters. The van der Waals surface area contributed by atoms with Crippen molar-refractivity contribution in [1.29, 1.82) is 5.26 Å². The molecule has 0 saturated carbocycles. The SMILES string of the molecule is CC(C)N(CCC#N)C(=O)NC(CO)C(=O)O. The highest BCUT2D eigenvalue weighted by molar-refractivity contribution is 5.82. The molecule has 17 heavy (non-hydrogen) atoms. The van der Waals surface area contributed by atoms with Gasteiger partial charge in [-0.05, 0) is 13.8 Å². The Balaban J connectivity index is 4.51. The van der Waals surface area contributed by atoms with Crippen LogP contribution in [0.4, 0.5) is 4.79 Å². The summed E-state index contributed by atoms with van der Waals surface area (Å²) in [5.74, 6) is -1.30. The lowest BCUT2D eigenvalue weighted by Gasteiger charge is -2.27. The second kappa shape index (κ2) is 7.46. The van der Waals surface area contributed by atoms with E-state index in [4.69, 9.17) is 15.5 Å². The van der Waals surface area contributed by atoms with Gasteiger partial charge >= 0.3 is 12.0 Å². The van der Waals surface area contributed by atoms with Crippen LogP contribution in [0.3, 0.4) is 0 Å². The van der Waals surface area contributed by atoms with Crippen molar-refractivity contribution in [1.82, 2.24) is 10.2 Å². The first-order chi connectivity index (χ1) is 7.93. The van der Waals surface area contributed by atoms with Gasteiger partial charge in [0.2, 0.25) is 0 Å². The fourth-order valence-corrected chi connectivity index (χ4v) is 1.18. The summed E-state index contributed by atoms with van der Waals surface area (Å²) < 4.78 is 0. The van der Waals surface area contributed by atoms with Crippen LogP contribution in [0, 0.1) is 11.3 Å². The van der Waals surface area contributed by atoms with Crippen LogP contribution < -0.4 is 5.32 Å². The second-order valence-corrected chi connectivity index (χ2v) is 3.72. The Bertz CT molecular complexity index is 311. The maximum atomic E-state index is 11.7. The van der Waals surface area contributed by atoms with Gasteiger partial charge in [-0.15, -0.1) is 0 Å². The molecule has 0 aliphatic rings. The highest BCUT2D eigenvalue weighted by atomic mass is 16.4. The molecule has 0 aliphatic heterocycles. The Morgan fingerprint density at radius 1 is 1.47 bits per heavy atom. The number of carbonyl (C=O) groups is 2. The molecule has 0 bridgehead atoms. The molecule has 0 heterocycles. The number of hydrogen-bond acceptors (Lipinski definition) is 4.